The standard InChI is InChI=1S/C15H12ClN3O4/c16-10-5-6-14(17-7-10)23-11-8-18(9-11)15(20)12-3-1-2-4-13(12)19(21)22/h1-7,11H,8-9H2. The van der Waals surface area contributed by atoms with Crippen LogP contribution < -0.4 is 4.74 Å². The van der Waals surface area contributed by atoms with Crippen molar-refractivity contribution in [2.24, 2.45) is 0 Å². The van der Waals surface area contributed by atoms with Crippen LogP contribution in [0.15, 0.2) is 42.6 Å². The van der Waals surface area contributed by atoms with Crippen LogP contribution in [0.1, 0.15) is 10.4 Å². The van der Waals surface area contributed by atoms with Crippen molar-refractivity contribution in [3.05, 3.63) is 63.3 Å². The number of hydrogen-bond acceptors (Lipinski definition) is 5. The van der Waals surface area contributed by atoms with Crippen LogP contribution in [0.4, 0.5) is 5.69 Å². The number of nitro benzene ring substituents is 1. The number of ether oxygens (including phenoxy) is 1. The lowest BCUT2D eigenvalue weighted by atomic mass is 10.1. The highest BCUT2D eigenvalue weighted by atomic mass is 35.5. The Labute approximate surface area is 136 Å². The molecule has 7 nitrogen and oxygen atoms in total. The molecule has 23 heavy (non-hydrogen) atoms. The molecule has 8 heteroatoms. The summed E-state index contributed by atoms with van der Waals surface area (Å²) in [7, 11) is 0. The van der Waals surface area contributed by atoms with Gasteiger partial charge in [0.25, 0.3) is 11.6 Å². The largest absolute Gasteiger partial charge is 0.471 e. The molecule has 1 aliphatic heterocycles. The molecule has 1 saturated heterocycles. The third-order valence-corrected chi connectivity index (χ3v) is 3.68. The zero-order valence-electron chi connectivity index (χ0n) is 11.9. The summed E-state index contributed by atoms with van der Waals surface area (Å²) in [4.78, 5) is 28.3. The first kappa shape index (κ1) is 15.2. The van der Waals surface area contributed by atoms with Gasteiger partial charge in [-0.05, 0) is 12.1 Å². The van der Waals surface area contributed by atoms with E-state index in [0.717, 1.165) is 0 Å². The molecule has 1 fully saturated rings. The summed E-state index contributed by atoms with van der Waals surface area (Å²) in [6, 6.07) is 9.22. The van der Waals surface area contributed by atoms with Crippen LogP contribution in [-0.4, -0.2) is 39.9 Å². The number of likely N-dealkylation sites (tertiary alicyclic amines) is 1. The minimum absolute atomic E-state index is 0.0839. The molecule has 0 bridgehead atoms. The van der Waals surface area contributed by atoms with Gasteiger partial charge < -0.3 is 9.64 Å². The van der Waals surface area contributed by atoms with Gasteiger partial charge in [0, 0.05) is 18.3 Å². The van der Waals surface area contributed by atoms with Gasteiger partial charge in [0.05, 0.1) is 23.0 Å². The lowest BCUT2D eigenvalue weighted by Crippen LogP contribution is -2.56. The smallest absolute Gasteiger partial charge is 0.282 e. The molecule has 1 aromatic heterocycles. The quantitative estimate of drug-likeness (QED) is 0.634. The topological polar surface area (TPSA) is 85.6 Å². The van der Waals surface area contributed by atoms with Crippen molar-refractivity contribution in [1.29, 1.82) is 0 Å². The van der Waals surface area contributed by atoms with Crippen molar-refractivity contribution in [3.8, 4) is 5.88 Å². The lowest BCUT2D eigenvalue weighted by molar-refractivity contribution is -0.385. The molecule has 0 spiro atoms. The van der Waals surface area contributed by atoms with Crippen LogP contribution in [0.2, 0.25) is 5.02 Å². The van der Waals surface area contributed by atoms with Gasteiger partial charge in [-0.25, -0.2) is 4.98 Å². The van der Waals surface area contributed by atoms with Crippen molar-refractivity contribution < 1.29 is 14.5 Å². The van der Waals surface area contributed by atoms with E-state index >= 15 is 0 Å². The molecule has 1 aromatic carbocycles. The van der Waals surface area contributed by atoms with E-state index < -0.39 is 4.92 Å². The second kappa shape index (κ2) is 6.21. The van der Waals surface area contributed by atoms with Crippen LogP contribution in [0.5, 0.6) is 5.88 Å². The average molecular weight is 334 g/mol. The predicted octanol–water partition coefficient (Wildman–Crippen LogP) is 2.55. The van der Waals surface area contributed by atoms with Gasteiger partial charge in [0.1, 0.15) is 11.7 Å². The molecule has 0 N–H and O–H groups in total. The Balaban J connectivity index is 1.62. The first-order valence-corrected chi connectivity index (χ1v) is 7.23. The van der Waals surface area contributed by atoms with Crippen LogP contribution >= 0.6 is 11.6 Å². The van der Waals surface area contributed by atoms with Crippen LogP contribution in [0, 0.1) is 10.1 Å². The van der Waals surface area contributed by atoms with Gasteiger partial charge in [0.2, 0.25) is 5.88 Å². The van der Waals surface area contributed by atoms with E-state index in [9.17, 15) is 14.9 Å². The molecular formula is C15H12ClN3O4. The number of benzene rings is 1. The molecule has 118 valence electrons. The Bertz CT molecular complexity index is 745. The number of carbonyl (C=O) groups is 1. The van der Waals surface area contributed by atoms with Crippen LogP contribution in [-0.2, 0) is 0 Å². The summed E-state index contributed by atoms with van der Waals surface area (Å²) in [5.74, 6) is 0.0541. The van der Waals surface area contributed by atoms with E-state index in [1.54, 1.807) is 18.2 Å². The van der Waals surface area contributed by atoms with Crippen molar-refractivity contribution in [2.75, 3.05) is 13.1 Å². The Hall–Kier alpha value is -2.67. The maximum Gasteiger partial charge on any atom is 0.282 e. The zero-order chi connectivity index (χ0) is 16.4. The number of aromatic nitrogens is 1. The van der Waals surface area contributed by atoms with E-state index in [0.29, 0.717) is 24.0 Å². The normalized spacial score (nSPS) is 14.2. The van der Waals surface area contributed by atoms with Gasteiger partial charge in [-0.1, -0.05) is 23.7 Å². The Morgan fingerprint density at radius 1 is 1.30 bits per heavy atom. The Morgan fingerprint density at radius 3 is 2.70 bits per heavy atom. The van der Waals surface area contributed by atoms with E-state index in [2.05, 4.69) is 4.98 Å². The molecule has 0 radical (unpaired) electrons. The molecule has 0 atom stereocenters. The number of para-hydroxylation sites is 1. The second-order valence-corrected chi connectivity index (χ2v) is 5.48. The molecule has 2 heterocycles. The molecule has 0 unspecified atom stereocenters. The molecule has 3 rings (SSSR count). The fourth-order valence-corrected chi connectivity index (χ4v) is 2.38. The maximum absolute atomic E-state index is 12.3. The summed E-state index contributed by atoms with van der Waals surface area (Å²) in [6.07, 6.45) is 1.29. The van der Waals surface area contributed by atoms with Crippen molar-refractivity contribution in [3.63, 3.8) is 0 Å². The summed E-state index contributed by atoms with van der Waals surface area (Å²) in [6.45, 7) is 0.713. The SMILES string of the molecule is O=C(c1ccccc1[N+](=O)[O-])N1CC(Oc2ccc(Cl)cn2)C1. The molecule has 2 aromatic rings. The molecule has 0 saturated carbocycles. The minimum Gasteiger partial charge on any atom is -0.471 e. The van der Waals surface area contributed by atoms with E-state index in [-0.39, 0.29) is 23.3 Å². The fourth-order valence-electron chi connectivity index (χ4n) is 2.27. The van der Waals surface area contributed by atoms with Gasteiger partial charge >= 0.3 is 0 Å². The Morgan fingerprint density at radius 2 is 2.04 bits per heavy atom. The van der Waals surface area contributed by atoms with Crippen LogP contribution in [0.3, 0.4) is 0 Å². The number of nitrogens with zero attached hydrogens (tertiary/aromatic N) is 3. The van der Waals surface area contributed by atoms with E-state index in [4.69, 9.17) is 16.3 Å². The average Bonchev–Trinajstić information content (AvgIpc) is 2.51. The van der Waals surface area contributed by atoms with Gasteiger partial charge in [-0.3, -0.25) is 14.9 Å². The van der Waals surface area contributed by atoms with Crippen molar-refractivity contribution in [1.82, 2.24) is 9.88 Å². The summed E-state index contributed by atoms with van der Waals surface area (Å²) >= 11 is 5.74. The van der Waals surface area contributed by atoms with Crippen LogP contribution in [0.25, 0.3) is 0 Å². The number of halogens is 1. The molecule has 1 amide bonds. The van der Waals surface area contributed by atoms with Crippen molar-refractivity contribution in [2.45, 2.75) is 6.10 Å². The molecular weight excluding hydrogens is 322 g/mol. The number of nitro groups is 1. The maximum atomic E-state index is 12.3. The fraction of sp³-hybridized carbons (Fsp3) is 0.200. The number of carbonyl (C=O) groups excluding carboxylic acids is 1. The predicted molar refractivity (Wildman–Crippen MR) is 82.7 cm³/mol. The Kier molecular flexibility index (Phi) is 4.12. The number of pyridine rings is 1. The monoisotopic (exact) mass is 333 g/mol. The first-order chi connectivity index (χ1) is 11.0. The first-order valence-electron chi connectivity index (χ1n) is 6.85. The summed E-state index contributed by atoms with van der Waals surface area (Å²) < 4.78 is 5.60. The summed E-state index contributed by atoms with van der Waals surface area (Å²) in [5, 5.41) is 11.5. The molecule has 1 aliphatic rings. The zero-order valence-corrected chi connectivity index (χ0v) is 12.6. The second-order valence-electron chi connectivity index (χ2n) is 5.04. The number of rotatable bonds is 4. The molecule has 0 aliphatic carbocycles. The van der Waals surface area contributed by atoms with Crippen molar-refractivity contribution >= 4 is 23.2 Å². The minimum atomic E-state index is -0.557. The van der Waals surface area contributed by atoms with E-state index in [1.807, 2.05) is 0 Å². The summed E-state index contributed by atoms with van der Waals surface area (Å²) in [5.41, 5.74) is -0.109. The third kappa shape index (κ3) is 3.24. The highest BCUT2D eigenvalue weighted by Gasteiger charge is 2.35. The lowest BCUT2D eigenvalue weighted by Gasteiger charge is -2.38. The van der Waals surface area contributed by atoms with E-state index in [1.165, 1.54) is 29.3 Å². The van der Waals surface area contributed by atoms with Gasteiger partial charge in [-0.15, -0.1) is 0 Å². The number of amides is 1. The number of hydrogen-bond donors (Lipinski definition) is 0. The third-order valence-electron chi connectivity index (χ3n) is 3.45. The van der Waals surface area contributed by atoms with Gasteiger partial charge in [0.15, 0.2) is 0 Å². The highest BCUT2D eigenvalue weighted by molar-refractivity contribution is 6.30. The van der Waals surface area contributed by atoms with Gasteiger partial charge in [-0.2, -0.15) is 0 Å². The highest BCUT2D eigenvalue weighted by Crippen LogP contribution is 2.24.